The largest absolute Gasteiger partial charge is 0.348 e. The number of anilines is 1. The zero-order valence-electron chi connectivity index (χ0n) is 8.85. The fourth-order valence-electron chi connectivity index (χ4n) is 1.93. The molecule has 1 aliphatic rings. The summed E-state index contributed by atoms with van der Waals surface area (Å²) < 4.78 is 0. The van der Waals surface area contributed by atoms with Crippen molar-refractivity contribution >= 4 is 16.5 Å². The summed E-state index contributed by atoms with van der Waals surface area (Å²) in [5.74, 6) is 0. The molecule has 84 valence electrons. The van der Waals surface area contributed by atoms with Gasteiger partial charge < -0.3 is 16.0 Å². The van der Waals surface area contributed by atoms with E-state index in [4.69, 9.17) is 5.73 Å². The second-order valence-electron chi connectivity index (χ2n) is 3.82. The molecular formula is C10H18N4S. The third-order valence-corrected chi connectivity index (χ3v) is 3.59. The molecule has 0 radical (unpaired) electrons. The van der Waals surface area contributed by atoms with Crippen molar-refractivity contribution < 1.29 is 0 Å². The van der Waals surface area contributed by atoms with Gasteiger partial charge in [0.15, 0.2) is 5.13 Å². The van der Waals surface area contributed by atoms with Crippen LogP contribution in [0.5, 0.6) is 0 Å². The summed E-state index contributed by atoms with van der Waals surface area (Å²) in [5.41, 5.74) is 5.47. The minimum atomic E-state index is 0.643. The summed E-state index contributed by atoms with van der Waals surface area (Å²) in [6.45, 7) is 3.88. The van der Waals surface area contributed by atoms with Gasteiger partial charge in [0, 0.05) is 43.8 Å². The number of piperidine rings is 1. The fourth-order valence-corrected chi connectivity index (χ4v) is 2.63. The Labute approximate surface area is 94.5 Å². The highest BCUT2D eigenvalue weighted by Crippen LogP contribution is 2.21. The summed E-state index contributed by atoms with van der Waals surface area (Å²) in [6, 6.07) is 0.643. The van der Waals surface area contributed by atoms with Gasteiger partial charge in [0.2, 0.25) is 0 Å². The Kier molecular flexibility index (Phi) is 3.94. The van der Waals surface area contributed by atoms with E-state index >= 15 is 0 Å². The second-order valence-corrected chi connectivity index (χ2v) is 4.69. The van der Waals surface area contributed by atoms with Crippen LogP contribution < -0.4 is 16.0 Å². The van der Waals surface area contributed by atoms with Crippen molar-refractivity contribution in [1.29, 1.82) is 0 Å². The van der Waals surface area contributed by atoms with Crippen LogP contribution in [0.1, 0.15) is 12.8 Å². The van der Waals surface area contributed by atoms with E-state index in [1.54, 1.807) is 11.3 Å². The summed E-state index contributed by atoms with van der Waals surface area (Å²) in [6.07, 6.45) is 4.26. The maximum absolute atomic E-state index is 5.47. The lowest BCUT2D eigenvalue weighted by atomic mass is 10.1. The van der Waals surface area contributed by atoms with Gasteiger partial charge in [-0.15, -0.1) is 11.3 Å². The summed E-state index contributed by atoms with van der Waals surface area (Å²) in [4.78, 5) is 6.70. The topological polar surface area (TPSA) is 54.2 Å². The molecule has 0 saturated carbocycles. The molecule has 15 heavy (non-hydrogen) atoms. The molecule has 1 saturated heterocycles. The molecule has 2 heterocycles. The first-order valence-electron chi connectivity index (χ1n) is 5.48. The molecule has 5 heteroatoms. The van der Waals surface area contributed by atoms with Crippen LogP contribution in [0.25, 0.3) is 0 Å². The smallest absolute Gasteiger partial charge is 0.185 e. The van der Waals surface area contributed by atoms with Gasteiger partial charge in [-0.25, -0.2) is 4.98 Å². The van der Waals surface area contributed by atoms with E-state index in [1.807, 2.05) is 11.6 Å². The molecular weight excluding hydrogens is 208 g/mol. The summed E-state index contributed by atoms with van der Waals surface area (Å²) >= 11 is 1.72. The zero-order valence-corrected chi connectivity index (χ0v) is 9.67. The van der Waals surface area contributed by atoms with Gasteiger partial charge in [0.05, 0.1) is 0 Å². The highest BCUT2D eigenvalue weighted by Gasteiger charge is 2.19. The molecule has 0 unspecified atom stereocenters. The predicted molar refractivity (Wildman–Crippen MR) is 64.4 cm³/mol. The molecule has 0 aliphatic carbocycles. The SMILES string of the molecule is NCCNC1CCN(c2nccs2)CC1. The van der Waals surface area contributed by atoms with Gasteiger partial charge >= 0.3 is 0 Å². The molecule has 0 aromatic carbocycles. The van der Waals surface area contributed by atoms with Gasteiger partial charge in [0.25, 0.3) is 0 Å². The molecule has 2 rings (SSSR count). The van der Waals surface area contributed by atoms with E-state index in [0.29, 0.717) is 6.04 Å². The lowest BCUT2D eigenvalue weighted by Crippen LogP contribution is -2.43. The number of hydrogen-bond acceptors (Lipinski definition) is 5. The quantitative estimate of drug-likeness (QED) is 0.792. The molecule has 1 aromatic heterocycles. The van der Waals surface area contributed by atoms with Crippen LogP contribution in [0.3, 0.4) is 0 Å². The standard InChI is InChI=1S/C10H18N4S/c11-3-4-12-9-1-6-14(7-2-9)10-13-5-8-15-10/h5,8-9,12H,1-4,6-7,11H2. The van der Waals surface area contributed by atoms with Crippen LogP contribution in [-0.2, 0) is 0 Å². The van der Waals surface area contributed by atoms with E-state index in [-0.39, 0.29) is 0 Å². The average molecular weight is 226 g/mol. The first-order valence-corrected chi connectivity index (χ1v) is 6.36. The minimum Gasteiger partial charge on any atom is -0.348 e. The highest BCUT2D eigenvalue weighted by molar-refractivity contribution is 7.13. The maximum Gasteiger partial charge on any atom is 0.185 e. The van der Waals surface area contributed by atoms with Gasteiger partial charge in [-0.1, -0.05) is 0 Å². The minimum absolute atomic E-state index is 0.643. The molecule has 1 fully saturated rings. The van der Waals surface area contributed by atoms with Gasteiger partial charge in [-0.05, 0) is 12.8 Å². The normalized spacial score (nSPS) is 18.3. The maximum atomic E-state index is 5.47. The monoisotopic (exact) mass is 226 g/mol. The van der Waals surface area contributed by atoms with E-state index in [9.17, 15) is 0 Å². The molecule has 3 N–H and O–H groups in total. The summed E-state index contributed by atoms with van der Waals surface area (Å²) in [7, 11) is 0. The molecule has 1 aromatic rings. The van der Waals surface area contributed by atoms with Crippen LogP contribution in [-0.4, -0.2) is 37.2 Å². The fraction of sp³-hybridized carbons (Fsp3) is 0.700. The number of aromatic nitrogens is 1. The van der Waals surface area contributed by atoms with Gasteiger partial charge in [-0.3, -0.25) is 0 Å². The Morgan fingerprint density at radius 2 is 2.33 bits per heavy atom. The Balaban J connectivity index is 1.77. The molecule has 1 aliphatic heterocycles. The Morgan fingerprint density at radius 1 is 1.53 bits per heavy atom. The molecule has 0 spiro atoms. The predicted octanol–water partition coefficient (Wildman–Crippen LogP) is 0.660. The Morgan fingerprint density at radius 3 is 2.93 bits per heavy atom. The number of rotatable bonds is 4. The molecule has 4 nitrogen and oxygen atoms in total. The molecule has 0 amide bonds. The third kappa shape index (κ3) is 2.90. The number of nitrogens with two attached hydrogens (primary N) is 1. The van der Waals surface area contributed by atoms with E-state index in [2.05, 4.69) is 15.2 Å². The molecule has 0 bridgehead atoms. The first-order chi connectivity index (χ1) is 7.40. The number of thiazole rings is 1. The van der Waals surface area contributed by atoms with E-state index in [0.717, 1.165) is 31.3 Å². The number of nitrogens with one attached hydrogen (secondary N) is 1. The van der Waals surface area contributed by atoms with Gasteiger partial charge in [0.1, 0.15) is 0 Å². The number of hydrogen-bond donors (Lipinski definition) is 2. The van der Waals surface area contributed by atoms with Crippen LogP contribution in [0, 0.1) is 0 Å². The van der Waals surface area contributed by atoms with Crippen molar-refractivity contribution in [3.63, 3.8) is 0 Å². The van der Waals surface area contributed by atoms with Crippen molar-refractivity contribution in [3.05, 3.63) is 11.6 Å². The van der Waals surface area contributed by atoms with E-state index in [1.165, 1.54) is 12.8 Å². The van der Waals surface area contributed by atoms with Crippen LogP contribution >= 0.6 is 11.3 Å². The second kappa shape index (κ2) is 5.44. The third-order valence-electron chi connectivity index (χ3n) is 2.76. The van der Waals surface area contributed by atoms with Gasteiger partial charge in [-0.2, -0.15) is 0 Å². The van der Waals surface area contributed by atoms with Crippen molar-refractivity contribution in [2.75, 3.05) is 31.1 Å². The lowest BCUT2D eigenvalue weighted by Gasteiger charge is -2.32. The van der Waals surface area contributed by atoms with Crippen molar-refractivity contribution in [1.82, 2.24) is 10.3 Å². The van der Waals surface area contributed by atoms with E-state index < -0.39 is 0 Å². The zero-order chi connectivity index (χ0) is 10.5. The van der Waals surface area contributed by atoms with Crippen LogP contribution in [0.15, 0.2) is 11.6 Å². The van der Waals surface area contributed by atoms with Crippen LogP contribution in [0.4, 0.5) is 5.13 Å². The lowest BCUT2D eigenvalue weighted by molar-refractivity contribution is 0.419. The Bertz CT molecular complexity index is 267. The average Bonchev–Trinajstić information content (AvgIpc) is 2.80. The van der Waals surface area contributed by atoms with Crippen molar-refractivity contribution in [2.24, 2.45) is 5.73 Å². The van der Waals surface area contributed by atoms with Crippen LogP contribution in [0.2, 0.25) is 0 Å². The first kappa shape index (κ1) is 10.9. The summed E-state index contributed by atoms with van der Waals surface area (Å²) in [5, 5.41) is 6.66. The van der Waals surface area contributed by atoms with Crippen molar-refractivity contribution in [2.45, 2.75) is 18.9 Å². The Hall–Kier alpha value is -0.650. The molecule has 0 atom stereocenters. The number of nitrogens with zero attached hydrogens (tertiary/aromatic N) is 2. The highest BCUT2D eigenvalue weighted by atomic mass is 32.1. The van der Waals surface area contributed by atoms with Crippen molar-refractivity contribution in [3.8, 4) is 0 Å².